The maximum Gasteiger partial charge on any atom is 0.330 e. The van der Waals surface area contributed by atoms with Crippen LogP contribution in [0.1, 0.15) is 92.7 Å². The van der Waals surface area contributed by atoms with E-state index in [1.54, 1.807) is 27.7 Å². The van der Waals surface area contributed by atoms with Gasteiger partial charge in [-0.1, -0.05) is 60.8 Å². The maximum absolute atomic E-state index is 14.4. The van der Waals surface area contributed by atoms with Crippen molar-refractivity contribution < 1.29 is 78.4 Å². The molecule has 75 heavy (non-hydrogen) atoms. The van der Waals surface area contributed by atoms with Gasteiger partial charge in [0.25, 0.3) is 5.56 Å². The van der Waals surface area contributed by atoms with Crippen molar-refractivity contribution in [3.8, 4) is 0 Å². The van der Waals surface area contributed by atoms with Gasteiger partial charge in [-0.05, 0) is 43.6 Å². The molecule has 424 valence electrons. The number of aromatic amines is 1. The van der Waals surface area contributed by atoms with Crippen molar-refractivity contribution >= 4 is 41.7 Å². The number of guanidine groups is 1. The number of nitrogens with zero attached hydrogens (tertiary/aromatic N) is 2. The largest absolute Gasteiger partial charge is 0.480 e. The summed E-state index contributed by atoms with van der Waals surface area (Å²) in [4.78, 5) is 111. The summed E-state index contributed by atoms with van der Waals surface area (Å²) >= 11 is 0. The van der Waals surface area contributed by atoms with E-state index in [0.717, 1.165) is 36.1 Å². The van der Waals surface area contributed by atoms with Gasteiger partial charge in [-0.25, -0.2) is 14.4 Å². The van der Waals surface area contributed by atoms with Crippen LogP contribution in [0.5, 0.6) is 0 Å². The van der Waals surface area contributed by atoms with E-state index in [1.807, 2.05) is 4.98 Å². The number of ether oxygens (including phenoxy) is 4. The maximum atomic E-state index is 14.4. The van der Waals surface area contributed by atoms with Crippen molar-refractivity contribution in [2.75, 3.05) is 26.2 Å². The Bertz CT molecular complexity index is 2230. The molecule has 0 spiro atoms. The third-order valence-corrected chi connectivity index (χ3v) is 12.9. The van der Waals surface area contributed by atoms with Gasteiger partial charge in [0.05, 0.1) is 6.04 Å². The molecule has 3 aliphatic rings. The number of nitrogens with two attached hydrogens (primary N) is 2. The van der Waals surface area contributed by atoms with Crippen molar-refractivity contribution in [3.05, 3.63) is 33.1 Å². The van der Waals surface area contributed by atoms with Gasteiger partial charge in [0.2, 0.25) is 11.8 Å². The number of aliphatic carboxylic acids is 2. The SMILES string of the molecule is CC(C)CCCCCC(=O)O[C@@H](C(C)C)[C@H](NC(=O)[C@@H](NC(=O)N[C@H](C(=O)O)C(C)C)[C@@H]1CCN=C(N)N1)C(=O)NCCCN[C@H](C(=O)O)C(O[C@@H]1O[C@H](CN)[C@@H](O)[C@H]1O)[C@H]1O[C@@H](n2ccc(=O)[nH]c2=O)[C@H](O)[C@@H]1O. The van der Waals surface area contributed by atoms with Crippen molar-refractivity contribution in [2.45, 2.75) is 178 Å². The van der Waals surface area contributed by atoms with E-state index in [-0.39, 0.29) is 51.4 Å². The lowest BCUT2D eigenvalue weighted by Gasteiger charge is -2.34. The highest BCUT2D eigenvalue weighted by Crippen LogP contribution is 2.34. The average molecular weight is 1070 g/mol. The molecule has 17 N–H and O–H groups in total. The van der Waals surface area contributed by atoms with Gasteiger partial charge < -0.3 is 93.0 Å². The summed E-state index contributed by atoms with van der Waals surface area (Å²) in [6, 6.07) is -7.36. The first kappa shape index (κ1) is 61.8. The zero-order chi connectivity index (χ0) is 55.8. The molecule has 4 amide bonds. The number of carboxylic acid groups (broad SMARTS) is 2. The third kappa shape index (κ3) is 17.4. The zero-order valence-corrected chi connectivity index (χ0v) is 43.0. The summed E-state index contributed by atoms with van der Waals surface area (Å²) < 4.78 is 24.0. The standard InChI is InChI=1S/C46H77N11O18/c1-20(2)11-8-7-9-12-26(59)73-35(22(5)6)29(54-39(65)28(23-13-17-51-44(48)52-23)56-45(70)55-27(21(3)4)41(66)67)38(64)50-16-10-15-49-30(42(68)69)36(75-43-34(63)31(60)24(19-47)72-43)37-32(61)33(62)40(74-37)57-18-14-25(58)53-46(57)71/h14,18,20-24,27-37,40,43,49,60-63H,7-13,15-17,19,47H2,1-6H3,(H,50,64)(H,54,65)(H,66,67)(H,68,69)(H3,48,51,52)(H,53,58,71)(H2,55,56,70)/t23-,24+,27-,28-,29-,30-,31+,32-,33+,34+,35-,36?,37-,40+,43-/m0/s1. The van der Waals surface area contributed by atoms with E-state index in [0.29, 0.717) is 12.3 Å². The molecule has 0 aliphatic carbocycles. The first-order valence-electron chi connectivity index (χ1n) is 25.2. The normalized spacial score (nSPS) is 26.1. The number of esters is 1. The molecule has 3 aliphatic heterocycles. The second-order valence-electron chi connectivity index (χ2n) is 19.9. The van der Waals surface area contributed by atoms with E-state index in [2.05, 4.69) is 50.7 Å². The summed E-state index contributed by atoms with van der Waals surface area (Å²) in [5.74, 6) is -6.14. The average Bonchev–Trinajstić information content (AvgIpc) is 3.78. The monoisotopic (exact) mass is 1070 g/mol. The summed E-state index contributed by atoms with van der Waals surface area (Å²) in [5.41, 5.74) is 9.79. The van der Waals surface area contributed by atoms with E-state index < -0.39 is 150 Å². The number of carboxylic acids is 2. The van der Waals surface area contributed by atoms with Crippen LogP contribution in [0.4, 0.5) is 4.79 Å². The molecule has 2 fully saturated rings. The highest BCUT2D eigenvalue weighted by molar-refractivity contribution is 5.94. The van der Waals surface area contributed by atoms with Crippen LogP contribution in [0.3, 0.4) is 0 Å². The highest BCUT2D eigenvalue weighted by Gasteiger charge is 2.54. The minimum absolute atomic E-state index is 0.00841. The van der Waals surface area contributed by atoms with E-state index in [4.69, 9.17) is 30.4 Å². The lowest BCUT2D eigenvalue weighted by molar-refractivity contribution is -0.228. The Morgan fingerprint density at radius 1 is 0.827 bits per heavy atom. The van der Waals surface area contributed by atoms with E-state index >= 15 is 0 Å². The van der Waals surface area contributed by atoms with Gasteiger partial charge in [-0.15, -0.1) is 0 Å². The van der Waals surface area contributed by atoms with E-state index in [1.165, 1.54) is 0 Å². The van der Waals surface area contributed by atoms with Crippen molar-refractivity contribution in [1.82, 2.24) is 41.5 Å². The van der Waals surface area contributed by atoms with Crippen LogP contribution < -0.4 is 54.6 Å². The number of H-pyrrole nitrogens is 1. The number of carbonyl (C=O) groups is 6. The predicted molar refractivity (Wildman–Crippen MR) is 263 cm³/mol. The molecule has 15 atom stereocenters. The zero-order valence-electron chi connectivity index (χ0n) is 43.0. The lowest BCUT2D eigenvalue weighted by Crippen LogP contribution is -2.66. The first-order valence-corrected chi connectivity index (χ1v) is 25.2. The fourth-order valence-corrected chi connectivity index (χ4v) is 8.76. The molecule has 29 heteroatoms. The Labute approximate surface area is 432 Å². The van der Waals surface area contributed by atoms with Gasteiger partial charge in [0.1, 0.15) is 73.0 Å². The number of nitrogens with one attached hydrogen (secondary N) is 7. The number of hydrogen-bond acceptors (Lipinski definition) is 21. The number of carbonyl (C=O) groups excluding carboxylic acids is 4. The van der Waals surface area contributed by atoms with Gasteiger partial charge in [-0.3, -0.25) is 38.5 Å². The van der Waals surface area contributed by atoms with Gasteiger partial charge in [-0.2, -0.15) is 0 Å². The van der Waals surface area contributed by atoms with Crippen molar-refractivity contribution in [3.63, 3.8) is 0 Å². The topological polar surface area (TPSA) is 452 Å². The lowest BCUT2D eigenvalue weighted by atomic mass is 9.96. The Morgan fingerprint density at radius 3 is 2.11 bits per heavy atom. The highest BCUT2D eigenvalue weighted by atomic mass is 16.7. The number of urea groups is 1. The smallest absolute Gasteiger partial charge is 0.330 e. The molecule has 29 nitrogen and oxygen atoms in total. The van der Waals surface area contributed by atoms with Crippen molar-refractivity contribution in [1.29, 1.82) is 0 Å². The fourth-order valence-electron chi connectivity index (χ4n) is 8.76. The van der Waals surface area contributed by atoms with E-state index in [9.17, 15) is 69.0 Å². The minimum Gasteiger partial charge on any atom is -0.480 e. The number of aromatic nitrogens is 2. The molecule has 2 saturated heterocycles. The Kier molecular flexibility index (Phi) is 23.8. The summed E-state index contributed by atoms with van der Waals surface area (Å²) in [6.45, 7) is 9.98. The third-order valence-electron chi connectivity index (χ3n) is 12.9. The molecule has 1 unspecified atom stereocenters. The molecule has 0 saturated carbocycles. The number of aliphatic hydroxyl groups is 4. The van der Waals surface area contributed by atoms with Gasteiger partial charge >= 0.3 is 29.6 Å². The Hall–Kier alpha value is -5.79. The van der Waals surface area contributed by atoms with Crippen LogP contribution in [0.15, 0.2) is 26.8 Å². The number of amides is 4. The molecule has 4 rings (SSSR count). The van der Waals surface area contributed by atoms with Crippen LogP contribution in [-0.2, 0) is 42.9 Å². The molecule has 1 aromatic heterocycles. The molecule has 0 bridgehead atoms. The summed E-state index contributed by atoms with van der Waals surface area (Å²) in [6.07, 6.45) is -12.7. The van der Waals surface area contributed by atoms with Crippen LogP contribution in [0, 0.1) is 17.8 Å². The second kappa shape index (κ2) is 28.9. The van der Waals surface area contributed by atoms with Crippen molar-refractivity contribution in [2.24, 2.45) is 34.2 Å². The molecule has 0 radical (unpaired) electrons. The number of aliphatic hydroxyl groups excluding tert-OH is 4. The fraction of sp³-hybridized carbons (Fsp3) is 0.761. The predicted octanol–water partition coefficient (Wildman–Crippen LogP) is -4.39. The number of aliphatic imine (C=N–C) groups is 1. The second-order valence-corrected chi connectivity index (χ2v) is 19.9. The molecular formula is C46H77N11O18. The Balaban J connectivity index is 1.58. The Morgan fingerprint density at radius 2 is 1.52 bits per heavy atom. The minimum atomic E-state index is -1.97. The van der Waals surface area contributed by atoms with Crippen LogP contribution in [-0.4, -0.2) is 193 Å². The van der Waals surface area contributed by atoms with Crippen LogP contribution in [0.25, 0.3) is 0 Å². The van der Waals surface area contributed by atoms with Crippen LogP contribution >= 0.6 is 0 Å². The molecule has 0 aromatic carbocycles. The summed E-state index contributed by atoms with van der Waals surface area (Å²) in [7, 11) is 0. The number of unbranched alkanes of at least 4 members (excludes halogenated alkanes) is 2. The van der Waals surface area contributed by atoms with Gasteiger partial charge in [0.15, 0.2) is 18.5 Å². The quantitative estimate of drug-likeness (QED) is 0.0266. The molecule has 4 heterocycles. The summed E-state index contributed by atoms with van der Waals surface area (Å²) in [5, 5.41) is 79.6. The van der Waals surface area contributed by atoms with Gasteiger partial charge in [0, 0.05) is 38.3 Å². The molecular weight excluding hydrogens is 995 g/mol. The number of hydrogen-bond donors (Lipinski definition) is 15. The number of rotatable bonds is 29. The molecule has 1 aromatic rings. The van der Waals surface area contributed by atoms with Crippen LogP contribution in [0.2, 0.25) is 0 Å². The first-order chi connectivity index (χ1) is 35.4.